The van der Waals surface area contributed by atoms with Gasteiger partial charge >= 0.3 is 0 Å². The van der Waals surface area contributed by atoms with Gasteiger partial charge in [0.25, 0.3) is 0 Å². The van der Waals surface area contributed by atoms with Gasteiger partial charge in [-0.1, -0.05) is 6.07 Å². The highest BCUT2D eigenvalue weighted by molar-refractivity contribution is 14.1. The number of hydrogen-bond donors (Lipinski definition) is 0. The smallest absolute Gasteiger partial charge is 0.0478 e. The van der Waals surface area contributed by atoms with Gasteiger partial charge in [-0.05, 0) is 58.0 Å². The second-order valence-electron chi connectivity index (χ2n) is 2.53. The molecular weight excluding hydrogens is 267 g/mol. The first-order valence-electron chi connectivity index (χ1n) is 3.41. The molecule has 0 nitrogen and oxygen atoms in total. The van der Waals surface area contributed by atoms with Crippen molar-refractivity contribution >= 4 is 44.0 Å². The summed E-state index contributed by atoms with van der Waals surface area (Å²) < 4.78 is 2.78. The highest BCUT2D eigenvalue weighted by Crippen LogP contribution is 2.28. The molecular formula is C9H7IS. The lowest BCUT2D eigenvalue weighted by molar-refractivity contribution is 1.54. The molecule has 0 aliphatic carbocycles. The predicted molar refractivity (Wildman–Crippen MR) is 59.3 cm³/mol. The third-order valence-electron chi connectivity index (χ3n) is 1.79. The lowest BCUT2D eigenvalue weighted by Crippen LogP contribution is -1.74. The summed E-state index contributed by atoms with van der Waals surface area (Å²) in [7, 11) is 0. The summed E-state index contributed by atoms with van der Waals surface area (Å²) in [4.78, 5) is 0. The van der Waals surface area contributed by atoms with Crippen molar-refractivity contribution in [2.45, 2.75) is 6.92 Å². The van der Waals surface area contributed by atoms with E-state index in [1.54, 1.807) is 0 Å². The predicted octanol–water partition coefficient (Wildman–Crippen LogP) is 3.81. The van der Waals surface area contributed by atoms with E-state index in [0.29, 0.717) is 0 Å². The van der Waals surface area contributed by atoms with E-state index in [-0.39, 0.29) is 0 Å². The van der Waals surface area contributed by atoms with Crippen molar-refractivity contribution in [1.82, 2.24) is 0 Å². The van der Waals surface area contributed by atoms with Crippen LogP contribution in [-0.2, 0) is 0 Å². The fourth-order valence-corrected chi connectivity index (χ4v) is 2.90. The quantitative estimate of drug-likeness (QED) is 0.641. The van der Waals surface area contributed by atoms with Crippen LogP contribution in [0.5, 0.6) is 0 Å². The number of rotatable bonds is 0. The van der Waals surface area contributed by atoms with Gasteiger partial charge in [0.15, 0.2) is 0 Å². The van der Waals surface area contributed by atoms with Crippen LogP contribution in [-0.4, -0.2) is 0 Å². The summed E-state index contributed by atoms with van der Waals surface area (Å²) in [5.74, 6) is 0. The summed E-state index contributed by atoms with van der Waals surface area (Å²) in [6.45, 7) is 2.16. The van der Waals surface area contributed by atoms with Gasteiger partial charge in [-0.25, -0.2) is 0 Å². The molecule has 2 aromatic rings. The maximum atomic E-state index is 2.38. The molecule has 1 aromatic carbocycles. The van der Waals surface area contributed by atoms with Crippen LogP contribution in [0, 0.1) is 10.5 Å². The molecule has 0 atom stereocenters. The van der Waals surface area contributed by atoms with Gasteiger partial charge in [-0.15, -0.1) is 11.3 Å². The monoisotopic (exact) mass is 274 g/mol. The molecule has 0 aliphatic rings. The summed E-state index contributed by atoms with van der Waals surface area (Å²) >= 11 is 4.20. The Morgan fingerprint density at radius 2 is 2.09 bits per heavy atom. The standard InChI is InChI=1S/C9H7IS/c1-6-2-3-8(10)9-7(6)4-5-11-9/h2-5H,1H3. The molecule has 0 amide bonds. The van der Waals surface area contributed by atoms with Crippen molar-refractivity contribution in [2.75, 3.05) is 0 Å². The lowest BCUT2D eigenvalue weighted by Gasteiger charge is -1.96. The lowest BCUT2D eigenvalue weighted by atomic mass is 10.2. The van der Waals surface area contributed by atoms with Gasteiger partial charge < -0.3 is 0 Å². The van der Waals surface area contributed by atoms with Gasteiger partial charge in [0.1, 0.15) is 0 Å². The Balaban J connectivity index is 2.96. The van der Waals surface area contributed by atoms with Gasteiger partial charge in [0.05, 0.1) is 0 Å². The van der Waals surface area contributed by atoms with E-state index < -0.39 is 0 Å². The SMILES string of the molecule is Cc1ccc(I)c2sccc12. The third-order valence-corrected chi connectivity index (χ3v) is 4.00. The maximum absolute atomic E-state index is 2.38. The zero-order valence-electron chi connectivity index (χ0n) is 6.10. The first-order valence-corrected chi connectivity index (χ1v) is 5.37. The number of halogens is 1. The van der Waals surface area contributed by atoms with Crippen LogP contribution in [0.4, 0.5) is 0 Å². The van der Waals surface area contributed by atoms with E-state index in [0.717, 1.165) is 0 Å². The topological polar surface area (TPSA) is 0 Å². The van der Waals surface area contributed by atoms with Crippen LogP contribution >= 0.6 is 33.9 Å². The number of benzene rings is 1. The molecule has 0 N–H and O–H groups in total. The average molecular weight is 274 g/mol. The molecule has 0 bridgehead atoms. The Hall–Kier alpha value is -0.0900. The Kier molecular flexibility index (Phi) is 1.89. The Morgan fingerprint density at radius 3 is 2.82 bits per heavy atom. The van der Waals surface area contributed by atoms with Gasteiger partial charge in [0, 0.05) is 8.27 Å². The zero-order valence-corrected chi connectivity index (χ0v) is 9.07. The third kappa shape index (κ3) is 1.18. The summed E-state index contributed by atoms with van der Waals surface area (Å²) in [6.07, 6.45) is 0. The molecule has 0 spiro atoms. The highest BCUT2D eigenvalue weighted by Gasteiger charge is 2.00. The Morgan fingerprint density at radius 1 is 1.27 bits per heavy atom. The van der Waals surface area contributed by atoms with Gasteiger partial charge in [0.2, 0.25) is 0 Å². The highest BCUT2D eigenvalue weighted by atomic mass is 127. The van der Waals surface area contributed by atoms with E-state index in [1.807, 2.05) is 11.3 Å². The van der Waals surface area contributed by atoms with Crippen molar-refractivity contribution < 1.29 is 0 Å². The normalized spacial score (nSPS) is 10.7. The summed E-state index contributed by atoms with van der Waals surface area (Å²) in [6, 6.07) is 6.54. The fourth-order valence-electron chi connectivity index (χ4n) is 1.17. The van der Waals surface area contributed by atoms with Gasteiger partial charge in [-0.3, -0.25) is 0 Å². The molecule has 1 aromatic heterocycles. The molecule has 1 heterocycles. The van der Waals surface area contributed by atoms with Crippen molar-refractivity contribution in [2.24, 2.45) is 0 Å². The molecule has 2 heteroatoms. The van der Waals surface area contributed by atoms with Crippen LogP contribution in [0.1, 0.15) is 5.56 Å². The minimum atomic E-state index is 1.36. The van der Waals surface area contributed by atoms with Crippen LogP contribution in [0.2, 0.25) is 0 Å². The first-order chi connectivity index (χ1) is 5.29. The largest absolute Gasteiger partial charge is 0.143 e. The molecule has 0 aliphatic heterocycles. The van der Waals surface area contributed by atoms with Crippen molar-refractivity contribution in [3.05, 3.63) is 32.7 Å². The van der Waals surface area contributed by atoms with Crippen LogP contribution in [0.15, 0.2) is 23.6 Å². The van der Waals surface area contributed by atoms with E-state index in [1.165, 1.54) is 19.2 Å². The molecule has 0 fully saturated rings. The minimum Gasteiger partial charge on any atom is -0.143 e. The zero-order chi connectivity index (χ0) is 7.84. The molecule has 0 radical (unpaired) electrons. The van der Waals surface area contributed by atoms with Crippen LogP contribution < -0.4 is 0 Å². The van der Waals surface area contributed by atoms with E-state index in [9.17, 15) is 0 Å². The average Bonchev–Trinajstić information content (AvgIpc) is 2.45. The Bertz CT molecular complexity index is 353. The molecule has 11 heavy (non-hydrogen) atoms. The molecule has 0 saturated carbocycles. The molecule has 2 rings (SSSR count). The summed E-state index contributed by atoms with van der Waals surface area (Å²) in [5.41, 5.74) is 1.38. The fraction of sp³-hybridized carbons (Fsp3) is 0.111. The van der Waals surface area contributed by atoms with E-state index in [2.05, 4.69) is 53.1 Å². The second-order valence-corrected chi connectivity index (χ2v) is 4.61. The van der Waals surface area contributed by atoms with Crippen LogP contribution in [0.3, 0.4) is 0 Å². The minimum absolute atomic E-state index is 1.36. The second kappa shape index (κ2) is 2.75. The number of hydrogen-bond acceptors (Lipinski definition) is 1. The summed E-state index contributed by atoms with van der Waals surface area (Å²) in [5, 5.41) is 3.56. The van der Waals surface area contributed by atoms with E-state index >= 15 is 0 Å². The number of fused-ring (bicyclic) bond motifs is 1. The van der Waals surface area contributed by atoms with Crippen molar-refractivity contribution in [3.8, 4) is 0 Å². The molecule has 0 unspecified atom stereocenters. The molecule has 0 saturated heterocycles. The first kappa shape index (κ1) is 7.55. The number of aryl methyl sites for hydroxylation is 1. The molecule has 56 valence electrons. The van der Waals surface area contributed by atoms with Gasteiger partial charge in [-0.2, -0.15) is 0 Å². The van der Waals surface area contributed by atoms with Crippen LogP contribution in [0.25, 0.3) is 10.1 Å². The van der Waals surface area contributed by atoms with Crippen molar-refractivity contribution in [1.29, 1.82) is 0 Å². The Labute approximate surface area is 83.4 Å². The maximum Gasteiger partial charge on any atom is 0.0478 e. The van der Waals surface area contributed by atoms with Crippen molar-refractivity contribution in [3.63, 3.8) is 0 Å². The van der Waals surface area contributed by atoms with E-state index in [4.69, 9.17) is 0 Å². The number of thiophene rings is 1.